The van der Waals surface area contributed by atoms with Gasteiger partial charge in [-0.1, -0.05) is 19.0 Å². The molecule has 16 heavy (non-hydrogen) atoms. The first-order valence-electron chi connectivity index (χ1n) is 5.23. The summed E-state index contributed by atoms with van der Waals surface area (Å²) < 4.78 is 5.64. The second kappa shape index (κ2) is 5.98. The van der Waals surface area contributed by atoms with Gasteiger partial charge in [-0.3, -0.25) is 4.98 Å². The van der Waals surface area contributed by atoms with Crippen molar-refractivity contribution in [3.8, 4) is 5.75 Å². The van der Waals surface area contributed by atoms with Crippen LogP contribution in [0.15, 0.2) is 17.4 Å². The number of azide groups is 1. The van der Waals surface area contributed by atoms with E-state index in [1.54, 1.807) is 6.20 Å². The van der Waals surface area contributed by atoms with Gasteiger partial charge < -0.3 is 4.74 Å². The van der Waals surface area contributed by atoms with Gasteiger partial charge in [-0.2, -0.15) is 0 Å². The molecular weight excluding hydrogens is 204 g/mol. The van der Waals surface area contributed by atoms with E-state index in [1.807, 2.05) is 13.0 Å². The molecular formula is C11H16N4O. The molecule has 5 nitrogen and oxygen atoms in total. The van der Waals surface area contributed by atoms with E-state index < -0.39 is 0 Å². The fourth-order valence-electron chi connectivity index (χ4n) is 1.23. The van der Waals surface area contributed by atoms with Gasteiger partial charge in [0.2, 0.25) is 0 Å². The zero-order chi connectivity index (χ0) is 12.0. The summed E-state index contributed by atoms with van der Waals surface area (Å²) in [5.74, 6) is 1.29. The van der Waals surface area contributed by atoms with Crippen molar-refractivity contribution in [3.63, 3.8) is 0 Å². The monoisotopic (exact) mass is 220 g/mol. The van der Waals surface area contributed by atoms with Crippen LogP contribution in [0.1, 0.15) is 25.1 Å². The Morgan fingerprint density at radius 1 is 1.56 bits per heavy atom. The van der Waals surface area contributed by atoms with Crippen LogP contribution in [-0.2, 0) is 6.54 Å². The highest BCUT2D eigenvalue weighted by Crippen LogP contribution is 2.20. The molecule has 0 saturated carbocycles. The van der Waals surface area contributed by atoms with Crippen molar-refractivity contribution >= 4 is 0 Å². The normalized spacial score (nSPS) is 10.0. The summed E-state index contributed by atoms with van der Waals surface area (Å²) >= 11 is 0. The molecule has 0 bridgehead atoms. The molecule has 1 rings (SSSR count). The maximum atomic E-state index is 8.26. The number of hydrogen-bond donors (Lipinski definition) is 0. The van der Waals surface area contributed by atoms with Gasteiger partial charge in [-0.15, -0.1) is 0 Å². The van der Waals surface area contributed by atoms with E-state index in [1.165, 1.54) is 0 Å². The molecule has 1 heterocycles. The molecule has 0 saturated heterocycles. The molecule has 0 spiro atoms. The number of hydrogen-bond acceptors (Lipinski definition) is 3. The van der Waals surface area contributed by atoms with Gasteiger partial charge in [0.1, 0.15) is 5.75 Å². The van der Waals surface area contributed by atoms with Crippen molar-refractivity contribution < 1.29 is 4.74 Å². The van der Waals surface area contributed by atoms with Crippen LogP contribution in [0.25, 0.3) is 10.4 Å². The fourth-order valence-corrected chi connectivity index (χ4v) is 1.23. The minimum absolute atomic E-state index is 0.265. The van der Waals surface area contributed by atoms with Gasteiger partial charge in [-0.25, -0.2) is 0 Å². The molecule has 1 aromatic heterocycles. The molecule has 0 fully saturated rings. The Morgan fingerprint density at radius 2 is 2.31 bits per heavy atom. The first-order valence-corrected chi connectivity index (χ1v) is 5.23. The Labute approximate surface area is 95.1 Å². The van der Waals surface area contributed by atoms with Gasteiger partial charge in [0.05, 0.1) is 18.8 Å². The maximum absolute atomic E-state index is 8.26. The zero-order valence-corrected chi connectivity index (χ0v) is 9.84. The third-order valence-electron chi connectivity index (χ3n) is 2.11. The lowest BCUT2D eigenvalue weighted by molar-refractivity contribution is 0.269. The van der Waals surface area contributed by atoms with Crippen LogP contribution in [0, 0.1) is 12.8 Å². The molecule has 0 aliphatic carbocycles. The number of aromatic nitrogens is 1. The van der Waals surface area contributed by atoms with E-state index in [-0.39, 0.29) is 6.54 Å². The standard InChI is InChI=1S/C11H16N4O/c1-8(2)7-16-11-4-5-13-10(9(11)3)6-14-15-12/h4-5,8H,6-7H2,1-3H3. The quantitative estimate of drug-likeness (QED) is 0.434. The Bertz CT molecular complexity index is 397. The van der Waals surface area contributed by atoms with Gasteiger partial charge >= 0.3 is 0 Å². The van der Waals surface area contributed by atoms with Crippen LogP contribution in [-0.4, -0.2) is 11.6 Å². The van der Waals surface area contributed by atoms with Crippen molar-refractivity contribution in [2.24, 2.45) is 11.0 Å². The first kappa shape index (κ1) is 12.3. The largest absolute Gasteiger partial charge is 0.493 e. The van der Waals surface area contributed by atoms with Crippen molar-refractivity contribution in [2.45, 2.75) is 27.3 Å². The lowest BCUT2D eigenvalue weighted by Crippen LogP contribution is -2.06. The van der Waals surface area contributed by atoms with Crippen LogP contribution >= 0.6 is 0 Å². The van der Waals surface area contributed by atoms with E-state index in [2.05, 4.69) is 28.9 Å². The second-order valence-electron chi connectivity index (χ2n) is 3.97. The lowest BCUT2D eigenvalue weighted by atomic mass is 10.2. The molecule has 0 aromatic carbocycles. The third-order valence-corrected chi connectivity index (χ3v) is 2.11. The molecule has 0 aliphatic heterocycles. The van der Waals surface area contributed by atoms with Crippen molar-refractivity contribution in [1.82, 2.24) is 4.98 Å². The summed E-state index contributed by atoms with van der Waals surface area (Å²) in [7, 11) is 0. The molecule has 0 N–H and O–H groups in total. The first-order chi connectivity index (χ1) is 7.65. The van der Waals surface area contributed by atoms with E-state index in [9.17, 15) is 0 Å². The van der Waals surface area contributed by atoms with Gasteiger partial charge in [-0.05, 0) is 24.4 Å². The van der Waals surface area contributed by atoms with E-state index in [0.29, 0.717) is 12.5 Å². The van der Waals surface area contributed by atoms with Crippen molar-refractivity contribution in [3.05, 3.63) is 34.0 Å². The average molecular weight is 220 g/mol. The van der Waals surface area contributed by atoms with Crippen molar-refractivity contribution in [1.29, 1.82) is 0 Å². The average Bonchev–Trinajstić information content (AvgIpc) is 2.26. The minimum atomic E-state index is 0.265. The number of nitrogens with zero attached hydrogens (tertiary/aromatic N) is 4. The molecule has 0 atom stereocenters. The Balaban J connectivity index is 2.81. The molecule has 0 unspecified atom stereocenters. The minimum Gasteiger partial charge on any atom is -0.493 e. The molecule has 0 amide bonds. The summed E-state index contributed by atoms with van der Waals surface area (Å²) in [4.78, 5) is 6.88. The van der Waals surface area contributed by atoms with Crippen LogP contribution in [0.5, 0.6) is 5.75 Å². The highest BCUT2D eigenvalue weighted by atomic mass is 16.5. The Hall–Kier alpha value is -1.74. The molecule has 0 radical (unpaired) electrons. The smallest absolute Gasteiger partial charge is 0.125 e. The van der Waals surface area contributed by atoms with Crippen LogP contribution in [0.4, 0.5) is 0 Å². The van der Waals surface area contributed by atoms with Gasteiger partial charge in [0, 0.05) is 16.7 Å². The zero-order valence-electron chi connectivity index (χ0n) is 9.84. The predicted molar refractivity (Wildman–Crippen MR) is 62.2 cm³/mol. The third kappa shape index (κ3) is 3.44. The fraction of sp³-hybridized carbons (Fsp3) is 0.545. The number of rotatable bonds is 5. The van der Waals surface area contributed by atoms with Gasteiger partial charge in [0.25, 0.3) is 0 Å². The summed E-state index contributed by atoms with van der Waals surface area (Å²) in [6.45, 7) is 7.05. The summed E-state index contributed by atoms with van der Waals surface area (Å²) in [6.07, 6.45) is 1.67. The maximum Gasteiger partial charge on any atom is 0.125 e. The SMILES string of the molecule is Cc1c(OCC(C)C)ccnc1CN=[N+]=[N-]. The molecule has 5 heteroatoms. The van der Waals surface area contributed by atoms with Gasteiger partial charge in [0.15, 0.2) is 0 Å². The molecule has 1 aromatic rings. The lowest BCUT2D eigenvalue weighted by Gasteiger charge is -2.12. The topological polar surface area (TPSA) is 70.9 Å². The van der Waals surface area contributed by atoms with E-state index in [4.69, 9.17) is 10.3 Å². The van der Waals surface area contributed by atoms with Crippen LogP contribution in [0.3, 0.4) is 0 Å². The number of ether oxygens (including phenoxy) is 1. The summed E-state index contributed by atoms with van der Waals surface area (Å²) in [6, 6.07) is 1.83. The predicted octanol–water partition coefficient (Wildman–Crippen LogP) is 3.24. The highest BCUT2D eigenvalue weighted by molar-refractivity contribution is 5.34. The Kier molecular flexibility index (Phi) is 4.61. The van der Waals surface area contributed by atoms with Crippen LogP contribution in [0.2, 0.25) is 0 Å². The Morgan fingerprint density at radius 3 is 2.94 bits per heavy atom. The number of pyridine rings is 1. The highest BCUT2D eigenvalue weighted by Gasteiger charge is 2.06. The summed E-state index contributed by atoms with van der Waals surface area (Å²) in [5.41, 5.74) is 9.97. The summed E-state index contributed by atoms with van der Waals surface area (Å²) in [5, 5.41) is 3.50. The van der Waals surface area contributed by atoms with Crippen LogP contribution < -0.4 is 4.74 Å². The molecule has 86 valence electrons. The molecule has 0 aliphatic rings. The van der Waals surface area contributed by atoms with E-state index >= 15 is 0 Å². The van der Waals surface area contributed by atoms with Crippen molar-refractivity contribution in [2.75, 3.05) is 6.61 Å². The van der Waals surface area contributed by atoms with E-state index in [0.717, 1.165) is 17.0 Å². The second-order valence-corrected chi connectivity index (χ2v) is 3.97.